The van der Waals surface area contributed by atoms with Crippen molar-refractivity contribution in [1.82, 2.24) is 4.98 Å². The van der Waals surface area contributed by atoms with Crippen LogP contribution in [0.5, 0.6) is 5.75 Å². The summed E-state index contributed by atoms with van der Waals surface area (Å²) in [7, 11) is 0. The first-order valence-electron chi connectivity index (χ1n) is 9.23. The van der Waals surface area contributed by atoms with Crippen LogP contribution in [-0.2, 0) is 6.61 Å². The number of aromatic nitrogens is 1. The summed E-state index contributed by atoms with van der Waals surface area (Å²) in [5, 5.41) is 5.48. The molecule has 0 saturated heterocycles. The molecule has 1 N–H and O–H groups in total. The Bertz CT molecular complexity index is 1190. The number of amides is 1. The van der Waals surface area contributed by atoms with Crippen LogP contribution in [0.1, 0.15) is 33.3 Å². The second kappa shape index (κ2) is 8.59. The van der Waals surface area contributed by atoms with Crippen molar-refractivity contribution >= 4 is 50.0 Å². The molecule has 4 rings (SSSR count). The zero-order valence-corrected chi connectivity index (χ0v) is 17.8. The maximum Gasteiger partial charge on any atom is 0.267 e. The lowest BCUT2D eigenvalue weighted by Gasteiger charge is -2.08. The third-order valence-corrected chi connectivity index (χ3v) is 6.21. The SMILES string of the molecule is C/C=C/c1ccccc1OCc1csc(C(=O)Nc2nc3ccc(C)cc3s2)c1. The van der Waals surface area contributed by atoms with E-state index in [9.17, 15) is 4.79 Å². The minimum Gasteiger partial charge on any atom is -0.488 e. The number of hydrogen-bond donors (Lipinski definition) is 1. The van der Waals surface area contributed by atoms with Crippen LogP contribution >= 0.6 is 22.7 Å². The first-order valence-corrected chi connectivity index (χ1v) is 10.9. The Hall–Kier alpha value is -2.96. The van der Waals surface area contributed by atoms with Crippen LogP contribution in [0.3, 0.4) is 0 Å². The van der Waals surface area contributed by atoms with Gasteiger partial charge >= 0.3 is 0 Å². The molecule has 4 nitrogen and oxygen atoms in total. The predicted molar refractivity (Wildman–Crippen MR) is 122 cm³/mol. The molecule has 146 valence electrons. The number of nitrogens with zero attached hydrogens (tertiary/aromatic N) is 1. The molecule has 6 heteroatoms. The first kappa shape index (κ1) is 19.4. The Morgan fingerprint density at radius 2 is 2.07 bits per heavy atom. The van der Waals surface area contributed by atoms with Crippen molar-refractivity contribution in [2.24, 2.45) is 0 Å². The lowest BCUT2D eigenvalue weighted by molar-refractivity contribution is 0.103. The fourth-order valence-corrected chi connectivity index (χ4v) is 4.66. The van der Waals surface area contributed by atoms with Gasteiger partial charge in [-0.2, -0.15) is 0 Å². The number of thiophene rings is 1. The van der Waals surface area contributed by atoms with E-state index in [1.54, 1.807) is 0 Å². The van der Waals surface area contributed by atoms with Gasteiger partial charge in [0.1, 0.15) is 12.4 Å². The van der Waals surface area contributed by atoms with Gasteiger partial charge in [-0.3, -0.25) is 10.1 Å². The zero-order chi connectivity index (χ0) is 20.2. The molecular weight excluding hydrogens is 400 g/mol. The number of rotatable bonds is 6. The molecule has 0 unspecified atom stereocenters. The highest BCUT2D eigenvalue weighted by molar-refractivity contribution is 7.22. The van der Waals surface area contributed by atoms with Crippen LogP contribution in [0, 0.1) is 6.92 Å². The molecule has 4 aromatic rings. The highest BCUT2D eigenvalue weighted by Gasteiger charge is 2.13. The molecule has 2 heterocycles. The smallest absolute Gasteiger partial charge is 0.267 e. The average molecular weight is 421 g/mol. The Morgan fingerprint density at radius 3 is 2.93 bits per heavy atom. The van der Waals surface area contributed by atoms with E-state index < -0.39 is 0 Å². The number of carbonyl (C=O) groups excluding carboxylic acids is 1. The molecule has 2 aromatic heterocycles. The number of hydrogen-bond acceptors (Lipinski definition) is 5. The Morgan fingerprint density at radius 1 is 1.21 bits per heavy atom. The highest BCUT2D eigenvalue weighted by atomic mass is 32.1. The Kier molecular flexibility index (Phi) is 5.74. The average Bonchev–Trinajstić information content (AvgIpc) is 3.34. The molecule has 29 heavy (non-hydrogen) atoms. The van der Waals surface area contributed by atoms with Crippen molar-refractivity contribution in [2.45, 2.75) is 20.5 Å². The standard InChI is InChI=1S/C23H20N2O2S2/c1-3-6-17-7-4-5-8-19(17)27-13-16-12-21(28-14-16)22(26)25-23-24-18-10-9-15(2)11-20(18)29-23/h3-12,14H,13H2,1-2H3,(H,24,25,26)/b6-3+. The summed E-state index contributed by atoms with van der Waals surface area (Å²) < 4.78 is 7.02. The second-order valence-electron chi connectivity index (χ2n) is 6.59. The second-order valence-corrected chi connectivity index (χ2v) is 8.53. The van der Waals surface area contributed by atoms with Crippen LogP contribution in [0.2, 0.25) is 0 Å². The quantitative estimate of drug-likeness (QED) is 0.386. The fourth-order valence-electron chi connectivity index (χ4n) is 2.90. The van der Waals surface area contributed by atoms with Gasteiger partial charge < -0.3 is 4.74 Å². The minimum absolute atomic E-state index is 0.147. The number of fused-ring (bicyclic) bond motifs is 1. The third kappa shape index (κ3) is 4.55. The van der Waals surface area contributed by atoms with Gasteiger partial charge in [0.15, 0.2) is 5.13 Å². The number of carbonyl (C=O) groups is 1. The van der Waals surface area contributed by atoms with Gasteiger partial charge in [-0.25, -0.2) is 4.98 Å². The summed E-state index contributed by atoms with van der Waals surface area (Å²) in [5.74, 6) is 0.680. The minimum atomic E-state index is -0.147. The molecule has 2 aromatic carbocycles. The summed E-state index contributed by atoms with van der Waals surface area (Å²) >= 11 is 2.89. The Balaban J connectivity index is 1.42. The number of ether oxygens (including phenoxy) is 1. The number of aryl methyl sites for hydroxylation is 1. The van der Waals surface area contributed by atoms with E-state index in [1.807, 2.05) is 73.8 Å². The molecular formula is C23H20N2O2S2. The van der Waals surface area contributed by atoms with E-state index in [2.05, 4.69) is 16.4 Å². The number of allylic oxidation sites excluding steroid dienone is 1. The van der Waals surface area contributed by atoms with E-state index in [1.165, 1.54) is 28.2 Å². The lowest BCUT2D eigenvalue weighted by atomic mass is 10.2. The molecule has 0 aliphatic rings. The molecule has 0 aliphatic carbocycles. The van der Waals surface area contributed by atoms with Crippen molar-refractivity contribution in [2.75, 3.05) is 5.32 Å². The zero-order valence-electron chi connectivity index (χ0n) is 16.1. The maximum atomic E-state index is 12.6. The molecule has 1 amide bonds. The van der Waals surface area contributed by atoms with Gasteiger partial charge in [0.2, 0.25) is 0 Å². The molecule has 0 saturated carbocycles. The van der Waals surface area contributed by atoms with Crippen molar-refractivity contribution < 1.29 is 9.53 Å². The van der Waals surface area contributed by atoms with E-state index in [0.717, 1.165) is 27.1 Å². The van der Waals surface area contributed by atoms with Crippen molar-refractivity contribution in [3.63, 3.8) is 0 Å². The van der Waals surface area contributed by atoms with E-state index in [0.29, 0.717) is 16.6 Å². The lowest BCUT2D eigenvalue weighted by Crippen LogP contribution is -2.09. The van der Waals surface area contributed by atoms with E-state index in [4.69, 9.17) is 4.74 Å². The van der Waals surface area contributed by atoms with Crippen LogP contribution in [0.15, 0.2) is 60.0 Å². The summed E-state index contributed by atoms with van der Waals surface area (Å²) in [5.41, 5.74) is 4.08. The number of benzene rings is 2. The van der Waals surface area contributed by atoms with Gasteiger partial charge in [0, 0.05) is 11.1 Å². The summed E-state index contributed by atoms with van der Waals surface area (Å²) in [6.45, 7) is 4.44. The first-order chi connectivity index (χ1) is 14.1. The van der Waals surface area contributed by atoms with Crippen LogP contribution in [0.25, 0.3) is 16.3 Å². The van der Waals surface area contributed by atoms with E-state index in [-0.39, 0.29) is 5.91 Å². The molecule has 0 atom stereocenters. The topological polar surface area (TPSA) is 51.2 Å². The molecule has 0 fully saturated rings. The Labute approximate surface area is 177 Å². The van der Waals surface area contributed by atoms with Crippen LogP contribution in [-0.4, -0.2) is 10.9 Å². The van der Waals surface area contributed by atoms with Crippen LogP contribution in [0.4, 0.5) is 5.13 Å². The number of nitrogens with one attached hydrogen (secondary N) is 1. The van der Waals surface area contributed by atoms with Crippen molar-refractivity contribution in [1.29, 1.82) is 0 Å². The van der Waals surface area contributed by atoms with Gasteiger partial charge in [-0.05, 0) is 49.1 Å². The molecule has 0 radical (unpaired) electrons. The number of para-hydroxylation sites is 1. The largest absolute Gasteiger partial charge is 0.488 e. The van der Waals surface area contributed by atoms with Gasteiger partial charge in [0.25, 0.3) is 5.91 Å². The molecule has 0 bridgehead atoms. The number of anilines is 1. The summed E-state index contributed by atoms with van der Waals surface area (Å²) in [6.07, 6.45) is 4.00. The highest BCUT2D eigenvalue weighted by Crippen LogP contribution is 2.28. The number of thiazole rings is 1. The third-order valence-electron chi connectivity index (χ3n) is 4.30. The van der Waals surface area contributed by atoms with Crippen molar-refractivity contribution in [3.05, 3.63) is 81.6 Å². The summed E-state index contributed by atoms with van der Waals surface area (Å²) in [6, 6.07) is 15.8. The summed E-state index contributed by atoms with van der Waals surface area (Å²) in [4.78, 5) is 17.7. The molecule has 0 spiro atoms. The maximum absolute atomic E-state index is 12.6. The fraction of sp³-hybridized carbons (Fsp3) is 0.130. The monoisotopic (exact) mass is 420 g/mol. The molecule has 0 aliphatic heterocycles. The van der Waals surface area contributed by atoms with Crippen LogP contribution < -0.4 is 10.1 Å². The van der Waals surface area contributed by atoms with Gasteiger partial charge in [-0.1, -0.05) is 47.8 Å². The predicted octanol–water partition coefficient (Wildman–Crippen LogP) is 6.53. The van der Waals surface area contributed by atoms with Gasteiger partial charge in [-0.15, -0.1) is 11.3 Å². The normalized spacial score (nSPS) is 11.2. The van der Waals surface area contributed by atoms with E-state index >= 15 is 0 Å². The van der Waals surface area contributed by atoms with Gasteiger partial charge in [0.05, 0.1) is 15.1 Å². The van der Waals surface area contributed by atoms with Crippen molar-refractivity contribution in [3.8, 4) is 5.75 Å².